The topological polar surface area (TPSA) is 75.8 Å². The second-order valence-electron chi connectivity index (χ2n) is 7.36. The van der Waals surface area contributed by atoms with Crippen molar-refractivity contribution in [3.05, 3.63) is 106 Å². The number of halogens is 1. The summed E-state index contributed by atoms with van der Waals surface area (Å²) >= 11 is 1.27. The number of anilines is 1. The molecule has 5 aromatic rings. The zero-order valence-electron chi connectivity index (χ0n) is 17.4. The van der Waals surface area contributed by atoms with Crippen molar-refractivity contribution in [3.8, 4) is 0 Å². The van der Waals surface area contributed by atoms with E-state index in [1.165, 1.54) is 42.0 Å². The summed E-state index contributed by atoms with van der Waals surface area (Å²) < 4.78 is 20.2. The molecule has 3 aromatic carbocycles. The fourth-order valence-electron chi connectivity index (χ4n) is 3.34. The molecule has 5 rings (SSSR count). The van der Waals surface area contributed by atoms with Crippen molar-refractivity contribution in [2.75, 3.05) is 5.01 Å². The maximum absolute atomic E-state index is 13.8. The standard InChI is InChI=1S/C25H16FN3O3S/c1-15-9-10-20-22(11-15)33-25(28-20)29(24(31)16-5-4-6-18(26)12-16)27-13-17-14-32-21-8-3-2-7-19(21)23(17)30/h2-14H,1H3/b27-13+. The molecular weight excluding hydrogens is 441 g/mol. The molecule has 0 saturated heterocycles. The van der Waals surface area contributed by atoms with Crippen LogP contribution in [0.15, 0.2) is 87.3 Å². The van der Waals surface area contributed by atoms with Crippen LogP contribution >= 0.6 is 11.3 Å². The highest BCUT2D eigenvalue weighted by Crippen LogP contribution is 2.30. The quantitative estimate of drug-likeness (QED) is 0.263. The lowest BCUT2D eigenvalue weighted by Gasteiger charge is -2.13. The first-order valence-electron chi connectivity index (χ1n) is 10.0. The molecule has 162 valence electrons. The van der Waals surface area contributed by atoms with Gasteiger partial charge in [-0.2, -0.15) is 10.1 Å². The molecule has 0 N–H and O–H groups in total. The first-order valence-corrected chi connectivity index (χ1v) is 10.8. The van der Waals surface area contributed by atoms with Crippen molar-refractivity contribution in [2.45, 2.75) is 6.92 Å². The van der Waals surface area contributed by atoms with Gasteiger partial charge < -0.3 is 4.42 Å². The number of amides is 1. The Morgan fingerprint density at radius 1 is 1.12 bits per heavy atom. The zero-order valence-corrected chi connectivity index (χ0v) is 18.2. The third kappa shape index (κ3) is 4.04. The van der Waals surface area contributed by atoms with Gasteiger partial charge in [0.2, 0.25) is 10.6 Å². The highest BCUT2D eigenvalue weighted by Gasteiger charge is 2.22. The number of hydrazone groups is 1. The van der Waals surface area contributed by atoms with E-state index in [-0.39, 0.29) is 16.6 Å². The molecule has 2 aromatic heterocycles. The van der Waals surface area contributed by atoms with Crippen LogP contribution in [0.2, 0.25) is 0 Å². The molecule has 6 nitrogen and oxygen atoms in total. The highest BCUT2D eigenvalue weighted by atomic mass is 32.1. The number of benzene rings is 3. The van der Waals surface area contributed by atoms with Crippen molar-refractivity contribution in [2.24, 2.45) is 5.10 Å². The number of nitrogens with zero attached hydrogens (tertiary/aromatic N) is 3. The van der Waals surface area contributed by atoms with Crippen molar-refractivity contribution in [3.63, 3.8) is 0 Å². The van der Waals surface area contributed by atoms with Gasteiger partial charge in [-0.3, -0.25) is 9.59 Å². The molecule has 0 fully saturated rings. The largest absolute Gasteiger partial charge is 0.463 e. The summed E-state index contributed by atoms with van der Waals surface area (Å²) in [7, 11) is 0. The average Bonchev–Trinajstić information content (AvgIpc) is 3.23. The Kier molecular flexibility index (Phi) is 5.27. The molecule has 0 aliphatic heterocycles. The first kappa shape index (κ1) is 20.7. The molecule has 8 heteroatoms. The van der Waals surface area contributed by atoms with E-state index in [1.54, 1.807) is 24.3 Å². The van der Waals surface area contributed by atoms with Crippen LogP contribution < -0.4 is 10.4 Å². The summed E-state index contributed by atoms with van der Waals surface area (Å²) in [5, 5.41) is 6.05. The fraction of sp³-hybridized carbons (Fsp3) is 0.0400. The minimum absolute atomic E-state index is 0.105. The average molecular weight is 457 g/mol. The van der Waals surface area contributed by atoms with Crippen LogP contribution in [0.4, 0.5) is 9.52 Å². The van der Waals surface area contributed by atoms with Crippen LogP contribution in [-0.2, 0) is 0 Å². The minimum atomic E-state index is -0.577. The molecule has 0 unspecified atom stereocenters. The maximum atomic E-state index is 13.8. The van der Waals surface area contributed by atoms with Crippen molar-refractivity contribution >= 4 is 49.8 Å². The molecule has 0 bridgehead atoms. The van der Waals surface area contributed by atoms with Gasteiger partial charge in [0.1, 0.15) is 17.7 Å². The molecular formula is C25H16FN3O3S. The molecule has 0 saturated carbocycles. The first-order chi connectivity index (χ1) is 16.0. The predicted molar refractivity (Wildman–Crippen MR) is 128 cm³/mol. The van der Waals surface area contributed by atoms with Gasteiger partial charge in [0, 0.05) is 5.56 Å². The Morgan fingerprint density at radius 2 is 1.97 bits per heavy atom. The van der Waals surface area contributed by atoms with Gasteiger partial charge in [-0.25, -0.2) is 9.37 Å². The van der Waals surface area contributed by atoms with Gasteiger partial charge in [-0.15, -0.1) is 0 Å². The number of aromatic nitrogens is 1. The van der Waals surface area contributed by atoms with E-state index in [0.717, 1.165) is 21.3 Å². The van der Waals surface area contributed by atoms with Gasteiger partial charge in [-0.1, -0.05) is 35.6 Å². The van der Waals surface area contributed by atoms with E-state index >= 15 is 0 Å². The van der Waals surface area contributed by atoms with Crippen LogP contribution in [-0.4, -0.2) is 17.1 Å². The van der Waals surface area contributed by atoms with E-state index < -0.39 is 11.7 Å². The molecule has 0 aliphatic rings. The number of hydrogen-bond donors (Lipinski definition) is 0. The van der Waals surface area contributed by atoms with Crippen LogP contribution in [0.1, 0.15) is 21.5 Å². The third-order valence-electron chi connectivity index (χ3n) is 5.00. The normalized spacial score (nSPS) is 11.5. The summed E-state index contributed by atoms with van der Waals surface area (Å²) in [6, 6.07) is 17.9. The van der Waals surface area contributed by atoms with E-state index in [0.29, 0.717) is 21.6 Å². The van der Waals surface area contributed by atoms with Crippen molar-refractivity contribution < 1.29 is 13.6 Å². The predicted octanol–water partition coefficient (Wildman–Crippen LogP) is 5.53. The third-order valence-corrected chi connectivity index (χ3v) is 5.99. The number of para-hydroxylation sites is 1. The summed E-state index contributed by atoms with van der Waals surface area (Å²) in [6.45, 7) is 1.96. The molecule has 0 spiro atoms. The molecule has 0 aliphatic carbocycles. The fourth-order valence-corrected chi connectivity index (χ4v) is 4.37. The van der Waals surface area contributed by atoms with Gasteiger partial charge in [0.15, 0.2) is 0 Å². The SMILES string of the molecule is Cc1ccc2nc(N(/N=C/c3coc4ccccc4c3=O)C(=O)c3cccc(F)c3)sc2c1. The Bertz CT molecular complexity index is 1610. The lowest BCUT2D eigenvalue weighted by atomic mass is 10.2. The Labute approximate surface area is 191 Å². The zero-order chi connectivity index (χ0) is 22.9. The molecule has 33 heavy (non-hydrogen) atoms. The number of carbonyl (C=O) groups is 1. The number of aryl methyl sites for hydroxylation is 1. The van der Waals surface area contributed by atoms with Gasteiger partial charge in [-0.05, 0) is 55.0 Å². The second-order valence-corrected chi connectivity index (χ2v) is 8.36. The molecule has 0 atom stereocenters. The van der Waals surface area contributed by atoms with Crippen molar-refractivity contribution in [1.82, 2.24) is 4.98 Å². The lowest BCUT2D eigenvalue weighted by molar-refractivity contribution is 0.0987. The Morgan fingerprint density at radius 3 is 2.82 bits per heavy atom. The molecule has 0 radical (unpaired) electrons. The number of carbonyl (C=O) groups excluding carboxylic acids is 1. The van der Waals surface area contributed by atoms with Crippen LogP contribution in [0.5, 0.6) is 0 Å². The van der Waals surface area contributed by atoms with Crippen LogP contribution in [0.3, 0.4) is 0 Å². The molecule has 2 heterocycles. The lowest BCUT2D eigenvalue weighted by Crippen LogP contribution is -2.26. The summed E-state index contributed by atoms with van der Waals surface area (Å²) in [5.74, 6) is -1.12. The maximum Gasteiger partial charge on any atom is 0.280 e. The van der Waals surface area contributed by atoms with Gasteiger partial charge in [0.05, 0.1) is 27.4 Å². The summed E-state index contributed by atoms with van der Waals surface area (Å²) in [6.07, 6.45) is 2.55. The second kappa shape index (κ2) is 8.40. The van der Waals surface area contributed by atoms with Crippen LogP contribution in [0, 0.1) is 12.7 Å². The number of rotatable bonds is 4. The van der Waals surface area contributed by atoms with Crippen molar-refractivity contribution in [1.29, 1.82) is 0 Å². The summed E-state index contributed by atoms with van der Waals surface area (Å²) in [5.41, 5.74) is 2.21. The van der Waals surface area contributed by atoms with Gasteiger partial charge in [0.25, 0.3) is 5.91 Å². The van der Waals surface area contributed by atoms with E-state index in [4.69, 9.17) is 4.42 Å². The summed E-state index contributed by atoms with van der Waals surface area (Å²) in [4.78, 5) is 30.6. The monoisotopic (exact) mass is 457 g/mol. The van der Waals surface area contributed by atoms with E-state index in [2.05, 4.69) is 10.1 Å². The van der Waals surface area contributed by atoms with Gasteiger partial charge >= 0.3 is 0 Å². The number of fused-ring (bicyclic) bond motifs is 2. The smallest absolute Gasteiger partial charge is 0.280 e. The molecule has 1 amide bonds. The minimum Gasteiger partial charge on any atom is -0.463 e. The Balaban J connectivity index is 1.61. The number of hydrogen-bond acceptors (Lipinski definition) is 6. The van der Waals surface area contributed by atoms with E-state index in [1.807, 2.05) is 25.1 Å². The Hall–Kier alpha value is -4.17. The van der Waals surface area contributed by atoms with Crippen LogP contribution in [0.25, 0.3) is 21.2 Å². The highest BCUT2D eigenvalue weighted by molar-refractivity contribution is 7.22. The van der Waals surface area contributed by atoms with E-state index in [9.17, 15) is 14.0 Å². The number of thiazole rings is 1.